The van der Waals surface area contributed by atoms with Crippen molar-refractivity contribution in [2.75, 3.05) is 0 Å². The van der Waals surface area contributed by atoms with Crippen molar-refractivity contribution in [3.63, 3.8) is 0 Å². The number of aromatic nitrogens is 1. The van der Waals surface area contributed by atoms with Crippen molar-refractivity contribution < 1.29 is 27.1 Å². The lowest BCUT2D eigenvalue weighted by Gasteiger charge is -2.13. The molecule has 0 aliphatic rings. The molecule has 0 saturated heterocycles. The van der Waals surface area contributed by atoms with Gasteiger partial charge in [0.15, 0.2) is 17.9 Å². The maximum atomic E-state index is 13.3. The molecule has 0 amide bonds. The molecule has 0 aliphatic carbocycles. The Hall–Kier alpha value is -1.18. The number of aldehydes is 1. The van der Waals surface area contributed by atoms with E-state index in [2.05, 4.69) is 25.7 Å². The molecule has 1 aromatic rings. The van der Waals surface area contributed by atoms with Gasteiger partial charge in [-0.2, -0.15) is 0 Å². The van der Waals surface area contributed by atoms with E-state index in [0.29, 0.717) is 0 Å². The molecule has 0 atom stereocenters. The molecule has 0 aliphatic heterocycles. The van der Waals surface area contributed by atoms with Crippen LogP contribution in [-0.2, 0) is 5.33 Å². The fourth-order valence-corrected chi connectivity index (χ4v) is 1.32. The largest absolute Gasteiger partial charge is 0.573 e. The zero-order chi connectivity index (χ0) is 12.3. The molecule has 0 bridgehead atoms. The normalized spacial score (nSPS) is 11.3. The monoisotopic (exact) mass is 301 g/mol. The number of halogens is 5. The van der Waals surface area contributed by atoms with E-state index >= 15 is 0 Å². The van der Waals surface area contributed by atoms with Gasteiger partial charge in [0, 0.05) is 17.1 Å². The first kappa shape index (κ1) is 12.9. The van der Waals surface area contributed by atoms with Gasteiger partial charge in [0.1, 0.15) is 5.69 Å². The Labute approximate surface area is 95.6 Å². The van der Waals surface area contributed by atoms with E-state index in [9.17, 15) is 22.4 Å². The molecule has 16 heavy (non-hydrogen) atoms. The summed E-state index contributed by atoms with van der Waals surface area (Å²) in [5, 5.41) is -0.0819. The summed E-state index contributed by atoms with van der Waals surface area (Å²) < 4.78 is 52.7. The van der Waals surface area contributed by atoms with Gasteiger partial charge in [-0.05, 0) is 0 Å². The Kier molecular flexibility index (Phi) is 3.84. The summed E-state index contributed by atoms with van der Waals surface area (Å²) in [4.78, 5) is 13.6. The first-order valence-electron chi connectivity index (χ1n) is 3.83. The average molecular weight is 302 g/mol. The van der Waals surface area contributed by atoms with Crippen LogP contribution in [-0.4, -0.2) is 17.6 Å². The quantitative estimate of drug-likeness (QED) is 0.489. The zero-order valence-corrected chi connectivity index (χ0v) is 9.10. The van der Waals surface area contributed by atoms with E-state index in [4.69, 9.17) is 0 Å². The Morgan fingerprint density at radius 2 is 2.12 bits per heavy atom. The van der Waals surface area contributed by atoms with E-state index in [0.717, 1.165) is 6.20 Å². The fraction of sp³-hybridized carbons (Fsp3) is 0.250. The van der Waals surface area contributed by atoms with Gasteiger partial charge in [-0.15, -0.1) is 13.2 Å². The standard InChI is InChI=1S/C8H4BrF4NO2/c9-1-4-2-14-5(3-15)6(10)7(4)16-8(11,12)13/h2-3H,1H2. The molecule has 3 nitrogen and oxygen atoms in total. The van der Waals surface area contributed by atoms with Crippen LogP contribution in [0.3, 0.4) is 0 Å². The number of ether oxygens (including phenoxy) is 1. The molecule has 0 aromatic carbocycles. The molecular formula is C8H4BrF4NO2. The molecule has 0 fully saturated rings. The molecule has 0 spiro atoms. The van der Waals surface area contributed by atoms with Crippen molar-refractivity contribution >= 4 is 22.2 Å². The molecule has 8 heteroatoms. The molecular weight excluding hydrogens is 298 g/mol. The van der Waals surface area contributed by atoms with Crippen LogP contribution in [0.4, 0.5) is 17.6 Å². The third-order valence-electron chi connectivity index (χ3n) is 1.55. The minimum Gasteiger partial charge on any atom is -0.402 e. The third kappa shape index (κ3) is 2.91. The minimum absolute atomic E-state index is 0.0105. The fourth-order valence-electron chi connectivity index (χ4n) is 0.923. The van der Waals surface area contributed by atoms with Crippen LogP contribution in [0.25, 0.3) is 0 Å². The number of pyridine rings is 1. The van der Waals surface area contributed by atoms with Crippen LogP contribution in [0.1, 0.15) is 16.1 Å². The Bertz CT molecular complexity index is 408. The van der Waals surface area contributed by atoms with Gasteiger partial charge < -0.3 is 4.74 Å². The van der Waals surface area contributed by atoms with Gasteiger partial charge in [-0.3, -0.25) is 4.79 Å². The number of hydrogen-bond donors (Lipinski definition) is 0. The van der Waals surface area contributed by atoms with E-state index in [1.54, 1.807) is 0 Å². The summed E-state index contributed by atoms with van der Waals surface area (Å²) in [7, 11) is 0. The SMILES string of the molecule is O=Cc1ncc(CBr)c(OC(F)(F)F)c1F. The lowest BCUT2D eigenvalue weighted by Crippen LogP contribution is -2.19. The van der Waals surface area contributed by atoms with Gasteiger partial charge >= 0.3 is 6.36 Å². The topological polar surface area (TPSA) is 39.2 Å². The highest BCUT2D eigenvalue weighted by Crippen LogP contribution is 2.30. The summed E-state index contributed by atoms with van der Waals surface area (Å²) >= 11 is 2.85. The first-order valence-corrected chi connectivity index (χ1v) is 4.95. The van der Waals surface area contributed by atoms with Crippen molar-refractivity contribution in [3.05, 3.63) is 23.3 Å². The van der Waals surface area contributed by atoms with E-state index in [1.807, 2.05) is 0 Å². The van der Waals surface area contributed by atoms with E-state index in [1.165, 1.54) is 0 Å². The third-order valence-corrected chi connectivity index (χ3v) is 2.15. The molecule has 1 aromatic heterocycles. The Balaban J connectivity index is 3.26. The number of hydrogen-bond acceptors (Lipinski definition) is 3. The van der Waals surface area contributed by atoms with Crippen molar-refractivity contribution in [1.29, 1.82) is 0 Å². The first-order chi connectivity index (χ1) is 7.39. The summed E-state index contributed by atoms with van der Waals surface area (Å²) in [6.45, 7) is 0. The summed E-state index contributed by atoms with van der Waals surface area (Å²) in [5.74, 6) is -2.47. The van der Waals surface area contributed by atoms with Gasteiger partial charge in [0.25, 0.3) is 0 Å². The second-order valence-corrected chi connectivity index (χ2v) is 3.17. The van der Waals surface area contributed by atoms with Crippen LogP contribution in [0.5, 0.6) is 5.75 Å². The highest BCUT2D eigenvalue weighted by Gasteiger charge is 2.34. The molecule has 0 unspecified atom stereocenters. The van der Waals surface area contributed by atoms with Gasteiger partial charge in [-0.1, -0.05) is 15.9 Å². The molecule has 1 heterocycles. The Morgan fingerprint density at radius 1 is 1.50 bits per heavy atom. The van der Waals surface area contributed by atoms with E-state index in [-0.39, 0.29) is 17.2 Å². The molecule has 0 radical (unpaired) electrons. The highest BCUT2D eigenvalue weighted by atomic mass is 79.9. The summed E-state index contributed by atoms with van der Waals surface area (Å²) in [5.41, 5.74) is -0.871. The number of alkyl halides is 4. The molecule has 0 N–H and O–H groups in total. The van der Waals surface area contributed by atoms with Gasteiger partial charge in [0.2, 0.25) is 0 Å². The lowest BCUT2D eigenvalue weighted by atomic mass is 10.2. The Morgan fingerprint density at radius 3 is 2.56 bits per heavy atom. The molecule has 88 valence electrons. The predicted molar refractivity (Wildman–Crippen MR) is 48.9 cm³/mol. The van der Waals surface area contributed by atoms with Gasteiger partial charge in [0.05, 0.1) is 0 Å². The van der Waals surface area contributed by atoms with Crippen LogP contribution >= 0.6 is 15.9 Å². The zero-order valence-electron chi connectivity index (χ0n) is 7.52. The molecule has 0 saturated carbocycles. The number of carbonyl (C=O) groups is 1. The second kappa shape index (κ2) is 4.77. The second-order valence-electron chi connectivity index (χ2n) is 2.61. The van der Waals surface area contributed by atoms with E-state index < -0.39 is 23.6 Å². The number of carbonyl (C=O) groups excluding carboxylic acids is 1. The van der Waals surface area contributed by atoms with Crippen molar-refractivity contribution in [1.82, 2.24) is 4.98 Å². The average Bonchev–Trinajstić information content (AvgIpc) is 2.19. The van der Waals surface area contributed by atoms with Gasteiger partial charge in [-0.25, -0.2) is 9.37 Å². The number of nitrogens with zero attached hydrogens (tertiary/aromatic N) is 1. The molecule has 1 rings (SSSR count). The predicted octanol–water partition coefficient (Wildman–Crippen LogP) is 2.83. The smallest absolute Gasteiger partial charge is 0.402 e. The maximum Gasteiger partial charge on any atom is 0.573 e. The summed E-state index contributed by atoms with van der Waals surface area (Å²) in [6.07, 6.45) is -4.08. The van der Waals surface area contributed by atoms with Crippen molar-refractivity contribution in [2.24, 2.45) is 0 Å². The minimum atomic E-state index is -5.03. The van der Waals surface area contributed by atoms with Crippen LogP contribution < -0.4 is 4.74 Å². The maximum absolute atomic E-state index is 13.3. The lowest BCUT2D eigenvalue weighted by molar-refractivity contribution is -0.275. The van der Waals surface area contributed by atoms with Crippen molar-refractivity contribution in [2.45, 2.75) is 11.7 Å². The van der Waals surface area contributed by atoms with Crippen LogP contribution in [0, 0.1) is 5.82 Å². The van der Waals surface area contributed by atoms with Crippen LogP contribution in [0.15, 0.2) is 6.20 Å². The number of rotatable bonds is 3. The van der Waals surface area contributed by atoms with Crippen LogP contribution in [0.2, 0.25) is 0 Å². The van der Waals surface area contributed by atoms with Crippen molar-refractivity contribution in [3.8, 4) is 5.75 Å². The summed E-state index contributed by atoms with van der Waals surface area (Å²) in [6, 6.07) is 0. The highest BCUT2D eigenvalue weighted by molar-refractivity contribution is 9.08.